The number of imidazole rings is 1. The zero-order valence-electron chi connectivity index (χ0n) is 10.1. The maximum absolute atomic E-state index is 5.65. The van der Waals surface area contributed by atoms with Crippen LogP contribution < -0.4 is 5.73 Å². The topological polar surface area (TPSA) is 66.0 Å². The quantitative estimate of drug-likeness (QED) is 0.892. The standard InChI is InChI=1S/C13H16N4O/c14-13-4-3-10(6-16-13)12-7-15-9-17(12)8-11-2-1-5-18-11/h3-4,6-7,9,11H,1-2,5,8H2,(H2,14,16). The molecule has 2 aromatic rings. The summed E-state index contributed by atoms with van der Waals surface area (Å²) < 4.78 is 7.77. The average molecular weight is 244 g/mol. The predicted molar refractivity (Wildman–Crippen MR) is 68.8 cm³/mol. The Morgan fingerprint density at radius 1 is 1.39 bits per heavy atom. The fraction of sp³-hybridized carbons (Fsp3) is 0.385. The molecule has 1 atom stereocenters. The number of nitrogens with zero attached hydrogens (tertiary/aromatic N) is 3. The predicted octanol–water partition coefficient (Wildman–Crippen LogP) is 1.71. The van der Waals surface area contributed by atoms with Crippen LogP contribution in [0.3, 0.4) is 0 Å². The summed E-state index contributed by atoms with van der Waals surface area (Å²) >= 11 is 0. The van der Waals surface area contributed by atoms with Crippen LogP contribution in [0.5, 0.6) is 0 Å². The lowest BCUT2D eigenvalue weighted by atomic mass is 10.2. The summed E-state index contributed by atoms with van der Waals surface area (Å²) in [7, 11) is 0. The molecule has 3 rings (SSSR count). The molecule has 0 bridgehead atoms. The first-order valence-electron chi connectivity index (χ1n) is 6.16. The van der Waals surface area contributed by atoms with E-state index in [0.717, 1.165) is 37.3 Å². The highest BCUT2D eigenvalue weighted by Gasteiger charge is 2.17. The van der Waals surface area contributed by atoms with Crippen molar-refractivity contribution in [3.63, 3.8) is 0 Å². The van der Waals surface area contributed by atoms with Gasteiger partial charge in [-0.3, -0.25) is 0 Å². The number of hydrogen-bond donors (Lipinski definition) is 1. The van der Waals surface area contributed by atoms with Crippen molar-refractivity contribution >= 4 is 5.82 Å². The van der Waals surface area contributed by atoms with E-state index in [1.54, 1.807) is 12.3 Å². The van der Waals surface area contributed by atoms with Crippen molar-refractivity contribution in [2.45, 2.75) is 25.5 Å². The van der Waals surface area contributed by atoms with Crippen molar-refractivity contribution in [1.29, 1.82) is 0 Å². The molecule has 5 nitrogen and oxygen atoms in total. The fourth-order valence-corrected chi connectivity index (χ4v) is 2.27. The van der Waals surface area contributed by atoms with Crippen molar-refractivity contribution in [2.75, 3.05) is 12.3 Å². The van der Waals surface area contributed by atoms with E-state index in [-0.39, 0.29) is 0 Å². The maximum Gasteiger partial charge on any atom is 0.123 e. The van der Waals surface area contributed by atoms with Gasteiger partial charge in [0.15, 0.2) is 0 Å². The second-order valence-corrected chi connectivity index (χ2v) is 4.54. The summed E-state index contributed by atoms with van der Waals surface area (Å²) in [4.78, 5) is 8.32. The van der Waals surface area contributed by atoms with Crippen molar-refractivity contribution in [1.82, 2.24) is 14.5 Å². The molecule has 0 aromatic carbocycles. The normalized spacial score (nSPS) is 19.2. The lowest BCUT2D eigenvalue weighted by Gasteiger charge is -2.13. The summed E-state index contributed by atoms with van der Waals surface area (Å²) in [6.07, 6.45) is 8.04. The van der Waals surface area contributed by atoms with Gasteiger partial charge in [0.2, 0.25) is 0 Å². The van der Waals surface area contributed by atoms with E-state index < -0.39 is 0 Å². The molecule has 1 saturated heterocycles. The number of nitrogens with two attached hydrogens (primary N) is 1. The third-order valence-electron chi connectivity index (χ3n) is 3.22. The number of nitrogen functional groups attached to an aromatic ring is 1. The van der Waals surface area contributed by atoms with E-state index in [1.807, 2.05) is 18.6 Å². The number of aromatic nitrogens is 3. The van der Waals surface area contributed by atoms with Crippen LogP contribution in [-0.2, 0) is 11.3 Å². The van der Waals surface area contributed by atoms with Crippen molar-refractivity contribution in [2.24, 2.45) is 0 Å². The zero-order valence-corrected chi connectivity index (χ0v) is 10.1. The molecular formula is C13H16N4O. The highest BCUT2D eigenvalue weighted by atomic mass is 16.5. The van der Waals surface area contributed by atoms with Crippen LogP contribution in [0.1, 0.15) is 12.8 Å². The van der Waals surface area contributed by atoms with Crippen LogP contribution >= 0.6 is 0 Å². The number of anilines is 1. The van der Waals surface area contributed by atoms with Crippen LogP contribution in [0.25, 0.3) is 11.3 Å². The Hall–Kier alpha value is -1.88. The van der Waals surface area contributed by atoms with Gasteiger partial charge in [-0.2, -0.15) is 0 Å². The molecule has 0 saturated carbocycles. The van der Waals surface area contributed by atoms with Gasteiger partial charge in [-0.05, 0) is 25.0 Å². The summed E-state index contributed by atoms with van der Waals surface area (Å²) in [6, 6.07) is 3.77. The minimum Gasteiger partial charge on any atom is -0.384 e. The summed E-state index contributed by atoms with van der Waals surface area (Å²) in [5.74, 6) is 0.531. The Kier molecular flexibility index (Phi) is 2.98. The van der Waals surface area contributed by atoms with Crippen molar-refractivity contribution in [3.05, 3.63) is 30.9 Å². The molecule has 0 spiro atoms. The molecule has 3 heterocycles. The van der Waals surface area contributed by atoms with E-state index in [1.165, 1.54) is 0 Å². The number of ether oxygens (including phenoxy) is 1. The van der Waals surface area contributed by atoms with Crippen molar-refractivity contribution < 1.29 is 4.74 Å². The molecule has 0 amide bonds. The summed E-state index contributed by atoms with van der Waals surface area (Å²) in [5, 5.41) is 0. The van der Waals surface area contributed by atoms with E-state index in [9.17, 15) is 0 Å². The SMILES string of the molecule is Nc1ccc(-c2cncn2CC2CCCO2)cn1. The molecule has 0 aliphatic carbocycles. The Morgan fingerprint density at radius 3 is 3.06 bits per heavy atom. The second-order valence-electron chi connectivity index (χ2n) is 4.54. The van der Waals surface area contributed by atoms with Crippen LogP contribution in [-0.4, -0.2) is 27.2 Å². The first-order valence-corrected chi connectivity index (χ1v) is 6.16. The molecule has 1 aliphatic rings. The molecule has 1 fully saturated rings. The molecule has 2 N–H and O–H groups in total. The molecule has 94 valence electrons. The van der Waals surface area contributed by atoms with Gasteiger partial charge in [0.25, 0.3) is 0 Å². The summed E-state index contributed by atoms with van der Waals surface area (Å²) in [6.45, 7) is 1.72. The Labute approximate surface area is 106 Å². The first kappa shape index (κ1) is 11.2. The van der Waals surface area contributed by atoms with E-state index in [0.29, 0.717) is 11.9 Å². The lowest BCUT2D eigenvalue weighted by Crippen LogP contribution is -2.15. The van der Waals surface area contributed by atoms with Gasteiger partial charge in [0.05, 0.1) is 30.9 Å². The van der Waals surface area contributed by atoms with E-state index in [4.69, 9.17) is 10.5 Å². The van der Waals surface area contributed by atoms with Gasteiger partial charge in [-0.15, -0.1) is 0 Å². The van der Waals surface area contributed by atoms with Gasteiger partial charge in [-0.1, -0.05) is 0 Å². The van der Waals surface area contributed by atoms with Gasteiger partial charge in [0.1, 0.15) is 5.82 Å². The molecule has 5 heteroatoms. The number of pyridine rings is 1. The third kappa shape index (κ3) is 2.22. The summed E-state index contributed by atoms with van der Waals surface area (Å²) in [5.41, 5.74) is 7.68. The number of hydrogen-bond acceptors (Lipinski definition) is 4. The number of rotatable bonds is 3. The lowest BCUT2D eigenvalue weighted by molar-refractivity contribution is 0.0973. The second kappa shape index (κ2) is 4.78. The van der Waals surface area contributed by atoms with Crippen LogP contribution in [0.4, 0.5) is 5.82 Å². The first-order chi connectivity index (χ1) is 8.83. The Balaban J connectivity index is 1.84. The van der Waals surface area contributed by atoms with Gasteiger partial charge >= 0.3 is 0 Å². The molecular weight excluding hydrogens is 228 g/mol. The van der Waals surface area contributed by atoms with E-state index in [2.05, 4.69) is 14.5 Å². The van der Waals surface area contributed by atoms with Crippen LogP contribution in [0, 0.1) is 0 Å². The highest BCUT2D eigenvalue weighted by molar-refractivity contribution is 5.59. The molecule has 2 aromatic heterocycles. The third-order valence-corrected chi connectivity index (χ3v) is 3.22. The minimum atomic E-state index is 0.305. The molecule has 18 heavy (non-hydrogen) atoms. The molecule has 0 radical (unpaired) electrons. The average Bonchev–Trinajstić information content (AvgIpc) is 3.02. The monoisotopic (exact) mass is 244 g/mol. The fourth-order valence-electron chi connectivity index (χ4n) is 2.27. The Morgan fingerprint density at radius 2 is 2.33 bits per heavy atom. The molecule has 1 unspecified atom stereocenters. The largest absolute Gasteiger partial charge is 0.384 e. The Bertz CT molecular complexity index is 514. The van der Waals surface area contributed by atoms with Gasteiger partial charge in [0, 0.05) is 18.4 Å². The van der Waals surface area contributed by atoms with Gasteiger partial charge < -0.3 is 15.0 Å². The van der Waals surface area contributed by atoms with Crippen LogP contribution in [0.15, 0.2) is 30.9 Å². The minimum absolute atomic E-state index is 0.305. The molecule has 1 aliphatic heterocycles. The highest BCUT2D eigenvalue weighted by Crippen LogP contribution is 2.21. The maximum atomic E-state index is 5.65. The zero-order chi connectivity index (χ0) is 12.4. The van der Waals surface area contributed by atoms with Crippen molar-refractivity contribution in [3.8, 4) is 11.3 Å². The van der Waals surface area contributed by atoms with Gasteiger partial charge in [-0.25, -0.2) is 9.97 Å². The van der Waals surface area contributed by atoms with E-state index >= 15 is 0 Å². The van der Waals surface area contributed by atoms with Crippen LogP contribution in [0.2, 0.25) is 0 Å². The smallest absolute Gasteiger partial charge is 0.123 e.